The number of amides is 1. The Bertz CT molecular complexity index is 379. The van der Waals surface area contributed by atoms with Crippen molar-refractivity contribution in [2.45, 2.75) is 0 Å². The molecule has 1 aromatic rings. The standard InChI is InChI=1S/C7H10ClN5O/c1-13(2)7-4(8)11-3(6(10)14)5(9)12-7/h1-2H3,(H2,9,12)(H2,10,14). The van der Waals surface area contributed by atoms with Crippen molar-refractivity contribution in [2.24, 2.45) is 5.73 Å². The minimum Gasteiger partial charge on any atom is -0.382 e. The van der Waals surface area contributed by atoms with Crippen LogP contribution in [0.3, 0.4) is 0 Å². The summed E-state index contributed by atoms with van der Waals surface area (Å²) in [4.78, 5) is 20.1. The van der Waals surface area contributed by atoms with Crippen LogP contribution in [0.1, 0.15) is 10.5 Å². The summed E-state index contributed by atoms with van der Waals surface area (Å²) >= 11 is 5.76. The Balaban J connectivity index is 3.31. The summed E-state index contributed by atoms with van der Waals surface area (Å²) < 4.78 is 0. The van der Waals surface area contributed by atoms with Crippen LogP contribution in [0.2, 0.25) is 5.15 Å². The lowest BCUT2D eigenvalue weighted by atomic mass is 10.4. The van der Waals surface area contributed by atoms with Crippen LogP contribution in [0.25, 0.3) is 0 Å². The first-order valence-corrected chi connectivity index (χ1v) is 4.11. The van der Waals surface area contributed by atoms with Crippen LogP contribution in [-0.2, 0) is 0 Å². The second-order valence-electron chi connectivity index (χ2n) is 2.83. The molecule has 0 unspecified atom stereocenters. The van der Waals surface area contributed by atoms with Gasteiger partial charge in [-0.2, -0.15) is 0 Å². The van der Waals surface area contributed by atoms with Crippen LogP contribution in [0, 0.1) is 0 Å². The highest BCUT2D eigenvalue weighted by atomic mass is 35.5. The quantitative estimate of drug-likeness (QED) is 0.717. The molecule has 76 valence electrons. The molecule has 0 aliphatic carbocycles. The Morgan fingerprint density at radius 1 is 1.43 bits per heavy atom. The maximum atomic E-state index is 10.8. The van der Waals surface area contributed by atoms with E-state index in [2.05, 4.69) is 9.97 Å². The third kappa shape index (κ3) is 1.85. The van der Waals surface area contributed by atoms with Crippen LogP contribution < -0.4 is 16.4 Å². The second kappa shape index (κ2) is 3.67. The lowest BCUT2D eigenvalue weighted by Gasteiger charge is -2.13. The Kier molecular flexibility index (Phi) is 2.76. The highest BCUT2D eigenvalue weighted by Crippen LogP contribution is 2.21. The van der Waals surface area contributed by atoms with Gasteiger partial charge >= 0.3 is 0 Å². The first-order valence-electron chi connectivity index (χ1n) is 3.73. The van der Waals surface area contributed by atoms with Crippen molar-refractivity contribution in [3.63, 3.8) is 0 Å². The van der Waals surface area contributed by atoms with Gasteiger partial charge in [0.25, 0.3) is 5.91 Å². The second-order valence-corrected chi connectivity index (χ2v) is 3.19. The topological polar surface area (TPSA) is 98.1 Å². The molecule has 1 amide bonds. The van der Waals surface area contributed by atoms with Crippen molar-refractivity contribution < 1.29 is 4.79 Å². The number of carbonyl (C=O) groups excluding carboxylic acids is 1. The van der Waals surface area contributed by atoms with Crippen molar-refractivity contribution >= 4 is 29.1 Å². The summed E-state index contributed by atoms with van der Waals surface area (Å²) in [5.41, 5.74) is 10.4. The third-order valence-corrected chi connectivity index (χ3v) is 1.77. The molecule has 0 atom stereocenters. The lowest BCUT2D eigenvalue weighted by Crippen LogP contribution is -2.20. The van der Waals surface area contributed by atoms with Gasteiger partial charge in [0, 0.05) is 14.1 Å². The molecule has 0 radical (unpaired) electrons. The Morgan fingerprint density at radius 2 is 2.00 bits per heavy atom. The molecule has 0 aliphatic heterocycles. The first-order chi connectivity index (χ1) is 6.43. The predicted octanol–water partition coefficient (Wildman–Crippen LogP) is -0.123. The summed E-state index contributed by atoms with van der Waals surface area (Å²) in [5, 5.41) is 0.0954. The molecule has 0 spiro atoms. The van der Waals surface area contributed by atoms with E-state index in [0.717, 1.165) is 0 Å². The molecule has 4 N–H and O–H groups in total. The van der Waals surface area contributed by atoms with Crippen LogP contribution in [0.15, 0.2) is 0 Å². The molecule has 6 nitrogen and oxygen atoms in total. The van der Waals surface area contributed by atoms with E-state index in [4.69, 9.17) is 23.1 Å². The van der Waals surface area contributed by atoms with Gasteiger partial charge in [-0.05, 0) is 0 Å². The van der Waals surface area contributed by atoms with Gasteiger partial charge in [0.05, 0.1) is 0 Å². The average molecular weight is 216 g/mol. The minimum atomic E-state index is -0.748. The molecule has 1 heterocycles. The maximum Gasteiger partial charge on any atom is 0.271 e. The Morgan fingerprint density at radius 3 is 2.43 bits per heavy atom. The highest BCUT2D eigenvalue weighted by Gasteiger charge is 2.14. The molecule has 7 heteroatoms. The molecule has 0 bridgehead atoms. The van der Waals surface area contributed by atoms with E-state index < -0.39 is 5.91 Å². The number of primary amides is 1. The summed E-state index contributed by atoms with van der Waals surface area (Å²) in [6, 6.07) is 0. The zero-order valence-electron chi connectivity index (χ0n) is 7.78. The van der Waals surface area contributed by atoms with E-state index in [1.165, 1.54) is 0 Å². The van der Waals surface area contributed by atoms with Crippen molar-refractivity contribution in [2.75, 3.05) is 24.7 Å². The van der Waals surface area contributed by atoms with Crippen LogP contribution >= 0.6 is 11.6 Å². The van der Waals surface area contributed by atoms with E-state index in [0.29, 0.717) is 5.82 Å². The van der Waals surface area contributed by atoms with Gasteiger partial charge < -0.3 is 16.4 Å². The SMILES string of the molecule is CN(C)c1nc(N)c(C(N)=O)nc1Cl. The number of hydrogen-bond donors (Lipinski definition) is 2. The van der Waals surface area contributed by atoms with Gasteiger partial charge in [0.15, 0.2) is 22.5 Å². The lowest BCUT2D eigenvalue weighted by molar-refractivity contribution is 0.0996. The number of rotatable bonds is 2. The molecule has 0 saturated heterocycles. The monoisotopic (exact) mass is 215 g/mol. The molecule has 1 aromatic heterocycles. The fraction of sp³-hybridized carbons (Fsp3) is 0.286. The zero-order chi connectivity index (χ0) is 10.9. The smallest absolute Gasteiger partial charge is 0.271 e. The predicted molar refractivity (Wildman–Crippen MR) is 54.3 cm³/mol. The van der Waals surface area contributed by atoms with Gasteiger partial charge in [0.1, 0.15) is 0 Å². The Hall–Kier alpha value is -1.56. The third-order valence-electron chi connectivity index (χ3n) is 1.52. The van der Waals surface area contributed by atoms with Crippen LogP contribution in [0.5, 0.6) is 0 Å². The van der Waals surface area contributed by atoms with Crippen molar-refractivity contribution in [3.05, 3.63) is 10.8 Å². The van der Waals surface area contributed by atoms with Gasteiger partial charge in [0.2, 0.25) is 0 Å². The maximum absolute atomic E-state index is 10.8. The zero-order valence-corrected chi connectivity index (χ0v) is 8.54. The number of carbonyl (C=O) groups is 1. The fourth-order valence-corrected chi connectivity index (χ4v) is 1.18. The number of halogens is 1. The number of hydrogen-bond acceptors (Lipinski definition) is 5. The number of nitrogens with two attached hydrogens (primary N) is 2. The van der Waals surface area contributed by atoms with Crippen LogP contribution in [-0.4, -0.2) is 30.0 Å². The van der Waals surface area contributed by atoms with E-state index in [1.54, 1.807) is 19.0 Å². The van der Waals surface area contributed by atoms with Gasteiger partial charge in [-0.15, -0.1) is 0 Å². The molecule has 0 fully saturated rings. The number of anilines is 2. The van der Waals surface area contributed by atoms with Gasteiger partial charge in [-0.1, -0.05) is 11.6 Å². The number of nitrogens with zero attached hydrogens (tertiary/aromatic N) is 3. The molecule has 14 heavy (non-hydrogen) atoms. The van der Waals surface area contributed by atoms with E-state index >= 15 is 0 Å². The molecule has 1 rings (SSSR count). The van der Waals surface area contributed by atoms with Crippen molar-refractivity contribution in [1.29, 1.82) is 0 Å². The van der Waals surface area contributed by atoms with Crippen molar-refractivity contribution in [1.82, 2.24) is 9.97 Å². The highest BCUT2D eigenvalue weighted by molar-refractivity contribution is 6.32. The Labute approximate surface area is 85.9 Å². The number of aromatic nitrogens is 2. The van der Waals surface area contributed by atoms with Crippen molar-refractivity contribution in [3.8, 4) is 0 Å². The molecule has 0 aliphatic rings. The summed E-state index contributed by atoms with van der Waals surface area (Å²) in [6.45, 7) is 0. The summed E-state index contributed by atoms with van der Waals surface area (Å²) in [7, 11) is 3.47. The summed E-state index contributed by atoms with van der Waals surface area (Å²) in [6.07, 6.45) is 0. The molecular weight excluding hydrogens is 206 g/mol. The van der Waals surface area contributed by atoms with Gasteiger partial charge in [-0.3, -0.25) is 4.79 Å². The normalized spacial score (nSPS) is 9.93. The average Bonchev–Trinajstić information content (AvgIpc) is 2.07. The fourth-order valence-electron chi connectivity index (χ4n) is 0.884. The van der Waals surface area contributed by atoms with Gasteiger partial charge in [-0.25, -0.2) is 9.97 Å². The molecule has 0 aromatic carbocycles. The largest absolute Gasteiger partial charge is 0.382 e. The molecule has 0 saturated carbocycles. The van der Waals surface area contributed by atoms with Crippen LogP contribution in [0.4, 0.5) is 11.6 Å². The van der Waals surface area contributed by atoms with E-state index in [9.17, 15) is 4.79 Å². The van der Waals surface area contributed by atoms with E-state index in [-0.39, 0.29) is 16.7 Å². The first kappa shape index (κ1) is 10.5. The van der Waals surface area contributed by atoms with E-state index in [1.807, 2.05) is 0 Å². The minimum absolute atomic E-state index is 0.0226. The summed E-state index contributed by atoms with van der Waals surface area (Å²) in [5.74, 6) is -0.373. The number of nitrogen functional groups attached to an aromatic ring is 1. The molecular formula is C7H10ClN5O.